The number of morpholine rings is 1. The Hall–Kier alpha value is -2.98. The van der Waals surface area contributed by atoms with Gasteiger partial charge in [-0.05, 0) is 18.2 Å². The average molecular weight is 323 g/mol. The van der Waals surface area contributed by atoms with Crippen molar-refractivity contribution in [2.45, 2.75) is 0 Å². The lowest BCUT2D eigenvalue weighted by atomic mass is 10.0. The number of benzene rings is 1. The molecule has 7 heteroatoms. The van der Waals surface area contributed by atoms with Crippen molar-refractivity contribution < 1.29 is 9.13 Å². The highest BCUT2D eigenvalue weighted by molar-refractivity contribution is 6.01. The second-order valence-corrected chi connectivity index (χ2v) is 5.53. The number of hydrogen-bond donors (Lipinski definition) is 1. The fraction of sp³-hybridized carbons (Fsp3) is 0.235. The van der Waals surface area contributed by atoms with Gasteiger partial charge < -0.3 is 14.6 Å². The summed E-state index contributed by atoms with van der Waals surface area (Å²) in [5.74, 6) is 0.369. The Bertz CT molecular complexity index is 940. The standard InChI is InChI=1S/C17H14FN5O/c18-14-2-1-11(8-19)7-12(14)13-9-20-16-15(13)17(22-10-21-16)23-3-5-24-6-4-23/h1-2,7,9-10H,3-6H2,(H,20,21,22). The Kier molecular flexibility index (Phi) is 3.59. The molecule has 1 N–H and O–H groups in total. The quantitative estimate of drug-likeness (QED) is 0.784. The summed E-state index contributed by atoms with van der Waals surface area (Å²) >= 11 is 0. The summed E-state index contributed by atoms with van der Waals surface area (Å²) in [6.07, 6.45) is 3.21. The van der Waals surface area contributed by atoms with Crippen molar-refractivity contribution in [3.05, 3.63) is 42.1 Å². The Morgan fingerprint density at radius 2 is 2.04 bits per heavy atom. The molecule has 2 aromatic heterocycles. The van der Waals surface area contributed by atoms with E-state index in [-0.39, 0.29) is 5.82 Å². The maximum absolute atomic E-state index is 14.4. The van der Waals surface area contributed by atoms with Gasteiger partial charge in [-0.25, -0.2) is 14.4 Å². The summed E-state index contributed by atoms with van der Waals surface area (Å²) in [4.78, 5) is 13.8. The van der Waals surface area contributed by atoms with Crippen molar-refractivity contribution >= 4 is 16.9 Å². The van der Waals surface area contributed by atoms with E-state index < -0.39 is 0 Å². The van der Waals surface area contributed by atoms with Gasteiger partial charge in [-0.1, -0.05) is 0 Å². The molecule has 0 bridgehead atoms. The van der Waals surface area contributed by atoms with Gasteiger partial charge in [0.1, 0.15) is 23.6 Å². The van der Waals surface area contributed by atoms with E-state index in [1.807, 2.05) is 6.07 Å². The number of H-pyrrole nitrogens is 1. The molecule has 1 aliphatic heterocycles. The van der Waals surface area contributed by atoms with E-state index >= 15 is 0 Å². The number of halogens is 1. The molecule has 1 aliphatic rings. The zero-order valence-corrected chi connectivity index (χ0v) is 12.8. The lowest BCUT2D eigenvalue weighted by Crippen LogP contribution is -2.36. The molecule has 0 saturated carbocycles. The third-order valence-corrected chi connectivity index (χ3v) is 4.15. The fourth-order valence-corrected chi connectivity index (χ4v) is 2.97. The number of anilines is 1. The summed E-state index contributed by atoms with van der Waals surface area (Å²) < 4.78 is 19.8. The maximum Gasteiger partial charge on any atom is 0.143 e. The van der Waals surface area contributed by atoms with E-state index in [1.54, 1.807) is 12.3 Å². The van der Waals surface area contributed by atoms with Crippen molar-refractivity contribution in [2.24, 2.45) is 0 Å². The highest BCUT2D eigenvalue weighted by atomic mass is 19.1. The van der Waals surface area contributed by atoms with E-state index in [9.17, 15) is 4.39 Å². The number of rotatable bonds is 2. The summed E-state index contributed by atoms with van der Waals surface area (Å²) in [5, 5.41) is 9.85. The number of aromatic nitrogens is 3. The number of fused-ring (bicyclic) bond motifs is 1. The van der Waals surface area contributed by atoms with Gasteiger partial charge >= 0.3 is 0 Å². The predicted molar refractivity (Wildman–Crippen MR) is 87.0 cm³/mol. The van der Waals surface area contributed by atoms with Crippen LogP contribution in [0.1, 0.15) is 5.56 Å². The Balaban J connectivity index is 1.92. The van der Waals surface area contributed by atoms with Crippen LogP contribution in [0, 0.1) is 17.1 Å². The van der Waals surface area contributed by atoms with Crippen molar-refractivity contribution in [2.75, 3.05) is 31.2 Å². The van der Waals surface area contributed by atoms with Gasteiger partial charge in [0.2, 0.25) is 0 Å². The summed E-state index contributed by atoms with van der Waals surface area (Å²) in [7, 11) is 0. The number of nitrogens with zero attached hydrogens (tertiary/aromatic N) is 4. The first-order chi connectivity index (χ1) is 11.8. The van der Waals surface area contributed by atoms with Crippen LogP contribution in [0.15, 0.2) is 30.7 Å². The Morgan fingerprint density at radius 1 is 1.21 bits per heavy atom. The molecule has 0 radical (unpaired) electrons. The molecule has 1 fully saturated rings. The molecular formula is C17H14FN5O. The first-order valence-electron chi connectivity index (χ1n) is 7.62. The molecule has 0 aliphatic carbocycles. The van der Waals surface area contributed by atoms with Gasteiger partial charge in [-0.15, -0.1) is 0 Å². The highest BCUT2D eigenvalue weighted by Crippen LogP contribution is 2.35. The first kappa shape index (κ1) is 14.6. The van der Waals surface area contributed by atoms with Crippen LogP contribution >= 0.6 is 0 Å². The fourth-order valence-electron chi connectivity index (χ4n) is 2.97. The smallest absolute Gasteiger partial charge is 0.143 e. The minimum Gasteiger partial charge on any atom is -0.378 e. The minimum absolute atomic E-state index is 0.365. The monoisotopic (exact) mass is 323 g/mol. The zero-order chi connectivity index (χ0) is 16.5. The lowest BCUT2D eigenvalue weighted by molar-refractivity contribution is 0.122. The molecule has 0 unspecified atom stereocenters. The molecule has 120 valence electrons. The third-order valence-electron chi connectivity index (χ3n) is 4.15. The van der Waals surface area contributed by atoms with Crippen LogP contribution in [0.3, 0.4) is 0 Å². The molecule has 0 spiro atoms. The van der Waals surface area contributed by atoms with Crippen LogP contribution in [0.4, 0.5) is 10.2 Å². The summed E-state index contributed by atoms with van der Waals surface area (Å²) in [6, 6.07) is 6.37. The molecule has 1 saturated heterocycles. The number of nitriles is 1. The van der Waals surface area contributed by atoms with Crippen molar-refractivity contribution in [3.8, 4) is 17.2 Å². The largest absolute Gasteiger partial charge is 0.378 e. The number of nitrogens with one attached hydrogen (secondary N) is 1. The average Bonchev–Trinajstić information content (AvgIpc) is 3.07. The predicted octanol–water partition coefficient (Wildman–Crippen LogP) is 2.47. The van der Waals surface area contributed by atoms with E-state index in [0.29, 0.717) is 35.6 Å². The van der Waals surface area contributed by atoms with Gasteiger partial charge in [-0.2, -0.15) is 5.26 Å². The van der Waals surface area contributed by atoms with E-state index in [1.165, 1.54) is 18.5 Å². The number of aromatic amines is 1. The number of ether oxygens (including phenoxy) is 1. The second-order valence-electron chi connectivity index (χ2n) is 5.53. The number of hydrogen-bond acceptors (Lipinski definition) is 5. The molecular weight excluding hydrogens is 309 g/mol. The minimum atomic E-state index is -0.383. The normalized spacial score (nSPS) is 14.8. The highest BCUT2D eigenvalue weighted by Gasteiger charge is 2.21. The summed E-state index contributed by atoms with van der Waals surface area (Å²) in [6.45, 7) is 2.70. The molecule has 3 heterocycles. The van der Waals surface area contributed by atoms with Gasteiger partial charge in [0.25, 0.3) is 0 Å². The van der Waals surface area contributed by atoms with E-state index in [0.717, 1.165) is 24.3 Å². The van der Waals surface area contributed by atoms with Gasteiger partial charge in [0.15, 0.2) is 0 Å². The van der Waals surface area contributed by atoms with Crippen LogP contribution in [0.25, 0.3) is 22.2 Å². The SMILES string of the molecule is N#Cc1ccc(F)c(-c2c[nH]c3ncnc(N4CCOCC4)c23)c1. The van der Waals surface area contributed by atoms with Crippen molar-refractivity contribution in [1.82, 2.24) is 15.0 Å². The Morgan fingerprint density at radius 3 is 2.83 bits per heavy atom. The molecule has 1 aromatic carbocycles. The molecule has 0 atom stereocenters. The van der Waals surface area contributed by atoms with Gasteiger partial charge in [0.05, 0.1) is 30.2 Å². The third kappa shape index (κ3) is 2.37. The molecule has 6 nitrogen and oxygen atoms in total. The van der Waals surface area contributed by atoms with Crippen molar-refractivity contribution in [1.29, 1.82) is 5.26 Å². The van der Waals surface area contributed by atoms with Crippen molar-refractivity contribution in [3.63, 3.8) is 0 Å². The van der Waals surface area contributed by atoms with Crippen LogP contribution in [0.2, 0.25) is 0 Å². The zero-order valence-electron chi connectivity index (χ0n) is 12.8. The molecule has 24 heavy (non-hydrogen) atoms. The van der Waals surface area contributed by atoms with E-state index in [4.69, 9.17) is 10.00 Å². The van der Waals surface area contributed by atoms with E-state index in [2.05, 4.69) is 19.9 Å². The second kappa shape index (κ2) is 5.91. The topological polar surface area (TPSA) is 77.8 Å². The summed E-state index contributed by atoms with van der Waals surface area (Å²) in [5.41, 5.74) is 2.07. The Labute approximate surface area is 137 Å². The van der Waals surface area contributed by atoms with Crippen LogP contribution in [0.5, 0.6) is 0 Å². The lowest BCUT2D eigenvalue weighted by Gasteiger charge is -2.28. The van der Waals surface area contributed by atoms with Crippen LogP contribution < -0.4 is 4.90 Å². The van der Waals surface area contributed by atoms with Gasteiger partial charge in [0, 0.05) is 30.4 Å². The van der Waals surface area contributed by atoms with Crippen LogP contribution in [-0.4, -0.2) is 41.3 Å². The van der Waals surface area contributed by atoms with Crippen LogP contribution in [-0.2, 0) is 4.74 Å². The van der Waals surface area contributed by atoms with Gasteiger partial charge in [-0.3, -0.25) is 0 Å². The molecule has 3 aromatic rings. The maximum atomic E-state index is 14.4. The molecule has 4 rings (SSSR count). The first-order valence-corrected chi connectivity index (χ1v) is 7.62. The molecule has 0 amide bonds.